The number of methoxy groups -OCH3 is 1. The fourth-order valence-corrected chi connectivity index (χ4v) is 1.12. The van der Waals surface area contributed by atoms with Crippen molar-refractivity contribution in [1.82, 2.24) is 9.78 Å². The number of nitrogen functional groups attached to an aromatic ring is 1. The van der Waals surface area contributed by atoms with Gasteiger partial charge >= 0.3 is 0 Å². The molecule has 0 aliphatic rings. The lowest BCUT2D eigenvalue weighted by Gasteiger charge is -1.96. The van der Waals surface area contributed by atoms with Gasteiger partial charge in [0.25, 0.3) is 5.88 Å². The molecule has 1 aromatic heterocycles. The average Bonchev–Trinajstić information content (AvgIpc) is 2.26. The quantitative estimate of drug-likeness (QED) is 0.679. The third-order valence-corrected chi connectivity index (χ3v) is 1.70. The third kappa shape index (κ3) is 1.15. The fraction of sp³-hybridized carbons (Fsp3) is 0.571. The molecule has 1 rings (SSSR count). The first-order chi connectivity index (χ1) is 5.20. The molecule has 0 atom stereocenters. The van der Waals surface area contributed by atoms with Crippen molar-refractivity contribution in [3.63, 3.8) is 0 Å². The van der Waals surface area contributed by atoms with Crippen LogP contribution in [-0.2, 0) is 13.5 Å². The maximum atomic E-state index is 5.72. The van der Waals surface area contributed by atoms with Gasteiger partial charge in [0, 0.05) is 7.05 Å². The van der Waals surface area contributed by atoms with Crippen LogP contribution < -0.4 is 10.5 Å². The summed E-state index contributed by atoms with van der Waals surface area (Å²) in [6.45, 7) is 2.03. The first-order valence-corrected chi connectivity index (χ1v) is 3.56. The van der Waals surface area contributed by atoms with Gasteiger partial charge in [0.15, 0.2) is 0 Å². The van der Waals surface area contributed by atoms with E-state index in [4.69, 9.17) is 10.5 Å². The largest absolute Gasteiger partial charge is 0.478 e. The lowest BCUT2D eigenvalue weighted by Crippen LogP contribution is -1.98. The molecule has 0 spiro atoms. The molecule has 1 aromatic rings. The number of rotatable bonds is 2. The van der Waals surface area contributed by atoms with E-state index in [0.29, 0.717) is 11.6 Å². The molecule has 0 aromatic carbocycles. The molecule has 0 saturated carbocycles. The zero-order valence-corrected chi connectivity index (χ0v) is 7.09. The standard InChI is InChI=1S/C7H13N3O/c1-4-5-6(8)7(11-3)9-10(5)2/h4,8H2,1-3H3. The van der Waals surface area contributed by atoms with Crippen LogP contribution in [0.1, 0.15) is 12.6 Å². The highest BCUT2D eigenvalue weighted by Gasteiger charge is 2.10. The predicted octanol–water partition coefficient (Wildman–Crippen LogP) is 0.573. The van der Waals surface area contributed by atoms with Gasteiger partial charge in [-0.15, -0.1) is 5.10 Å². The summed E-state index contributed by atoms with van der Waals surface area (Å²) < 4.78 is 6.70. The molecule has 0 bridgehead atoms. The van der Waals surface area contributed by atoms with E-state index >= 15 is 0 Å². The Morgan fingerprint density at radius 2 is 2.27 bits per heavy atom. The van der Waals surface area contributed by atoms with Gasteiger partial charge in [-0.3, -0.25) is 4.68 Å². The summed E-state index contributed by atoms with van der Waals surface area (Å²) in [6.07, 6.45) is 0.874. The number of nitrogens with two attached hydrogens (primary N) is 1. The second kappa shape index (κ2) is 2.82. The molecule has 0 aliphatic carbocycles. The molecule has 0 saturated heterocycles. The van der Waals surface area contributed by atoms with Gasteiger partial charge in [0.1, 0.15) is 5.69 Å². The van der Waals surface area contributed by atoms with Crippen molar-refractivity contribution in [1.29, 1.82) is 0 Å². The Morgan fingerprint density at radius 3 is 2.55 bits per heavy atom. The molecule has 4 heteroatoms. The number of aryl methyl sites for hydroxylation is 1. The maximum absolute atomic E-state index is 5.72. The van der Waals surface area contributed by atoms with Crippen LogP contribution in [0.2, 0.25) is 0 Å². The molecule has 0 radical (unpaired) electrons. The van der Waals surface area contributed by atoms with E-state index in [1.807, 2.05) is 14.0 Å². The number of anilines is 1. The van der Waals surface area contributed by atoms with E-state index in [9.17, 15) is 0 Å². The second-order valence-electron chi connectivity index (χ2n) is 2.35. The fourth-order valence-electron chi connectivity index (χ4n) is 1.12. The molecule has 0 amide bonds. The minimum Gasteiger partial charge on any atom is -0.478 e. The van der Waals surface area contributed by atoms with E-state index in [1.54, 1.807) is 11.8 Å². The van der Waals surface area contributed by atoms with Crippen molar-refractivity contribution < 1.29 is 4.74 Å². The van der Waals surface area contributed by atoms with Crippen LogP contribution in [0.25, 0.3) is 0 Å². The van der Waals surface area contributed by atoms with Crippen LogP contribution in [0.4, 0.5) is 5.69 Å². The molecular formula is C7H13N3O. The van der Waals surface area contributed by atoms with Crippen LogP contribution in [-0.4, -0.2) is 16.9 Å². The van der Waals surface area contributed by atoms with Gasteiger partial charge in [-0.05, 0) is 6.42 Å². The Labute approximate surface area is 66.0 Å². The summed E-state index contributed by atoms with van der Waals surface area (Å²) in [5.74, 6) is 0.518. The lowest BCUT2D eigenvalue weighted by molar-refractivity contribution is 0.393. The van der Waals surface area contributed by atoms with Gasteiger partial charge in [0.2, 0.25) is 0 Å². The summed E-state index contributed by atoms with van der Waals surface area (Å²) in [6, 6.07) is 0. The first kappa shape index (κ1) is 7.91. The maximum Gasteiger partial charge on any atom is 0.256 e. The van der Waals surface area contributed by atoms with Crippen LogP contribution in [0.3, 0.4) is 0 Å². The van der Waals surface area contributed by atoms with Crippen molar-refractivity contribution in [3.8, 4) is 5.88 Å². The summed E-state index contributed by atoms with van der Waals surface area (Å²) in [7, 11) is 3.43. The van der Waals surface area contributed by atoms with Gasteiger partial charge < -0.3 is 10.5 Å². The molecule has 0 fully saturated rings. The monoisotopic (exact) mass is 155 g/mol. The van der Waals surface area contributed by atoms with Gasteiger partial charge in [-0.25, -0.2) is 0 Å². The molecule has 1 heterocycles. The van der Waals surface area contributed by atoms with Crippen LogP contribution in [0.15, 0.2) is 0 Å². The van der Waals surface area contributed by atoms with Crippen LogP contribution in [0.5, 0.6) is 5.88 Å². The van der Waals surface area contributed by atoms with Crippen molar-refractivity contribution >= 4 is 5.69 Å². The molecule has 0 unspecified atom stereocenters. The van der Waals surface area contributed by atoms with E-state index in [2.05, 4.69) is 5.10 Å². The van der Waals surface area contributed by atoms with Crippen molar-refractivity contribution in [3.05, 3.63) is 5.69 Å². The minimum absolute atomic E-state index is 0.518. The lowest BCUT2D eigenvalue weighted by atomic mass is 10.3. The van der Waals surface area contributed by atoms with Gasteiger partial charge in [0.05, 0.1) is 12.8 Å². The Balaban J connectivity index is 3.14. The van der Waals surface area contributed by atoms with Crippen LogP contribution >= 0.6 is 0 Å². The highest BCUT2D eigenvalue weighted by Crippen LogP contribution is 2.22. The Morgan fingerprint density at radius 1 is 1.64 bits per heavy atom. The molecule has 11 heavy (non-hydrogen) atoms. The van der Waals surface area contributed by atoms with Crippen molar-refractivity contribution in [2.24, 2.45) is 7.05 Å². The van der Waals surface area contributed by atoms with Crippen LogP contribution in [0, 0.1) is 0 Å². The van der Waals surface area contributed by atoms with E-state index in [1.165, 1.54) is 0 Å². The highest BCUT2D eigenvalue weighted by atomic mass is 16.5. The zero-order valence-electron chi connectivity index (χ0n) is 7.09. The Kier molecular flexibility index (Phi) is 2.03. The summed E-state index contributed by atoms with van der Waals surface area (Å²) in [5.41, 5.74) is 7.38. The molecule has 2 N–H and O–H groups in total. The van der Waals surface area contributed by atoms with Gasteiger partial charge in [-0.1, -0.05) is 6.92 Å². The van der Waals surface area contributed by atoms with Crippen molar-refractivity contribution in [2.75, 3.05) is 12.8 Å². The summed E-state index contributed by atoms with van der Waals surface area (Å²) >= 11 is 0. The molecular weight excluding hydrogens is 142 g/mol. The number of aromatic nitrogens is 2. The summed E-state index contributed by atoms with van der Waals surface area (Å²) in [5, 5.41) is 4.07. The molecule has 0 aliphatic heterocycles. The molecule has 62 valence electrons. The van der Waals surface area contributed by atoms with Gasteiger partial charge in [-0.2, -0.15) is 0 Å². The normalized spacial score (nSPS) is 10.1. The Hall–Kier alpha value is -1.19. The topological polar surface area (TPSA) is 53.1 Å². The average molecular weight is 155 g/mol. The zero-order chi connectivity index (χ0) is 8.43. The minimum atomic E-state index is 0.518. The third-order valence-electron chi connectivity index (χ3n) is 1.70. The smallest absolute Gasteiger partial charge is 0.256 e. The Bertz CT molecular complexity index is 254. The van der Waals surface area contributed by atoms with Crippen molar-refractivity contribution in [2.45, 2.75) is 13.3 Å². The predicted molar refractivity (Wildman–Crippen MR) is 43.6 cm³/mol. The number of hydrogen-bond donors (Lipinski definition) is 1. The highest BCUT2D eigenvalue weighted by molar-refractivity contribution is 5.52. The second-order valence-corrected chi connectivity index (χ2v) is 2.35. The number of hydrogen-bond acceptors (Lipinski definition) is 3. The molecule has 4 nitrogen and oxygen atoms in total. The van der Waals surface area contributed by atoms with E-state index < -0.39 is 0 Å². The first-order valence-electron chi connectivity index (χ1n) is 3.56. The van der Waals surface area contributed by atoms with E-state index in [-0.39, 0.29) is 0 Å². The number of ether oxygens (including phenoxy) is 1. The number of nitrogens with zero attached hydrogens (tertiary/aromatic N) is 2. The SMILES string of the molecule is CCc1c(N)c(OC)nn1C. The van der Waals surface area contributed by atoms with E-state index in [0.717, 1.165) is 12.1 Å². The summed E-state index contributed by atoms with van der Waals surface area (Å²) in [4.78, 5) is 0.